The lowest BCUT2D eigenvalue weighted by Gasteiger charge is -2.35. The molecule has 9 nitrogen and oxygen atoms in total. The van der Waals surface area contributed by atoms with Crippen molar-refractivity contribution in [3.8, 4) is 22.6 Å². The van der Waals surface area contributed by atoms with Gasteiger partial charge in [-0.3, -0.25) is 10.00 Å². The molecule has 0 unspecified atom stereocenters. The van der Waals surface area contributed by atoms with Gasteiger partial charge in [-0.1, -0.05) is 97.4 Å². The first-order valence-electron chi connectivity index (χ1n) is 17.5. The summed E-state index contributed by atoms with van der Waals surface area (Å²) in [6.45, 7) is 10.5. The Labute approximate surface area is 298 Å². The van der Waals surface area contributed by atoms with Gasteiger partial charge in [0, 0.05) is 18.4 Å². The molecule has 0 saturated heterocycles. The molecule has 9 heteroatoms. The van der Waals surface area contributed by atoms with Gasteiger partial charge in [-0.25, -0.2) is 14.6 Å². The summed E-state index contributed by atoms with van der Waals surface area (Å²) in [5.41, 5.74) is 9.19. The van der Waals surface area contributed by atoms with Crippen molar-refractivity contribution in [1.82, 2.24) is 24.6 Å². The van der Waals surface area contributed by atoms with Crippen LogP contribution in [0, 0.1) is 6.92 Å². The molecule has 7 rings (SSSR count). The number of esters is 1. The molecule has 51 heavy (non-hydrogen) atoms. The predicted molar refractivity (Wildman–Crippen MR) is 198 cm³/mol. The summed E-state index contributed by atoms with van der Waals surface area (Å²) in [7, 11) is 0. The highest BCUT2D eigenvalue weighted by Gasteiger charge is 2.41. The summed E-state index contributed by atoms with van der Waals surface area (Å²) in [5.74, 6) is 0.157. The molecule has 6 aromatic rings. The number of carbonyl (C=O) groups is 2. The van der Waals surface area contributed by atoms with Gasteiger partial charge in [-0.15, -0.1) is 0 Å². The fourth-order valence-electron chi connectivity index (χ4n) is 6.76. The number of rotatable bonds is 8. The van der Waals surface area contributed by atoms with Crippen LogP contribution in [0.2, 0.25) is 0 Å². The lowest BCUT2D eigenvalue weighted by molar-refractivity contribution is -0.152. The highest BCUT2D eigenvalue weighted by atomic mass is 16.6. The van der Waals surface area contributed by atoms with E-state index in [4.69, 9.17) is 19.6 Å². The number of hydrogen-bond donors (Lipinski definition) is 1. The number of aromatic amines is 1. The summed E-state index contributed by atoms with van der Waals surface area (Å²) < 4.78 is 13.7. The van der Waals surface area contributed by atoms with Crippen molar-refractivity contribution < 1.29 is 19.1 Å². The fraction of sp³-hybridized carbons (Fsp3) is 0.286. The average Bonchev–Trinajstić information content (AvgIpc) is 3.70. The first-order valence-corrected chi connectivity index (χ1v) is 17.5. The number of imidazole rings is 1. The largest absolute Gasteiger partial charge is 0.459 e. The summed E-state index contributed by atoms with van der Waals surface area (Å²) >= 11 is 0. The lowest BCUT2D eigenvalue weighted by Crippen LogP contribution is -2.51. The number of H-pyrrole nitrogens is 1. The Kier molecular flexibility index (Phi) is 9.21. The van der Waals surface area contributed by atoms with Gasteiger partial charge in [0.15, 0.2) is 5.82 Å². The highest BCUT2D eigenvalue weighted by molar-refractivity contribution is 5.94. The minimum atomic E-state index is -0.912. The molecule has 4 aromatic carbocycles. The number of aromatic nitrogens is 4. The van der Waals surface area contributed by atoms with E-state index in [2.05, 4.69) is 72.0 Å². The predicted octanol–water partition coefficient (Wildman–Crippen LogP) is 8.42. The van der Waals surface area contributed by atoms with Crippen LogP contribution >= 0.6 is 0 Å². The molecule has 1 N–H and O–H groups in total. The molecule has 0 radical (unpaired) electrons. The van der Waals surface area contributed by atoms with Gasteiger partial charge in [-0.05, 0) is 74.1 Å². The Morgan fingerprint density at radius 3 is 2.35 bits per heavy atom. The standard InChI is InChI=1S/C42H43N5O4/c1-6-30-21-27(2)17-19-32(30)31-18-20-33-34(22-31)44-45-38(33)39-43-35-23-36(40(48)50-26-29-15-11-8-12-16-29)47(41(49)51-42(3,4)5)25-37(35)46(39)24-28-13-9-7-10-14-28/h7-22,36H,6,23-26H2,1-5H3,(H,44,45)/t36-/m0/s1. The van der Waals surface area contributed by atoms with Crippen LogP contribution in [0.3, 0.4) is 0 Å². The van der Waals surface area contributed by atoms with Crippen molar-refractivity contribution in [3.63, 3.8) is 0 Å². The van der Waals surface area contributed by atoms with Gasteiger partial charge in [0.2, 0.25) is 0 Å². The Hall–Kier alpha value is -5.70. The van der Waals surface area contributed by atoms with Crippen LogP contribution in [0.1, 0.15) is 61.3 Å². The molecule has 1 atom stereocenters. The van der Waals surface area contributed by atoms with Gasteiger partial charge in [0.25, 0.3) is 0 Å². The maximum atomic E-state index is 13.8. The number of ether oxygens (including phenoxy) is 2. The number of hydrogen-bond acceptors (Lipinski definition) is 6. The van der Waals surface area contributed by atoms with E-state index in [0.717, 1.165) is 45.4 Å². The minimum absolute atomic E-state index is 0.0997. The third-order valence-electron chi connectivity index (χ3n) is 9.27. The van der Waals surface area contributed by atoms with Crippen LogP contribution in [0.15, 0.2) is 97.1 Å². The Morgan fingerprint density at radius 2 is 1.65 bits per heavy atom. The van der Waals surface area contributed by atoms with Gasteiger partial charge < -0.3 is 14.0 Å². The molecule has 3 heterocycles. The van der Waals surface area contributed by atoms with E-state index < -0.39 is 23.7 Å². The average molecular weight is 682 g/mol. The molecular weight excluding hydrogens is 638 g/mol. The van der Waals surface area contributed by atoms with Crippen LogP contribution in [0.5, 0.6) is 0 Å². The zero-order valence-electron chi connectivity index (χ0n) is 29.8. The molecule has 0 aliphatic carbocycles. The molecule has 1 aliphatic rings. The molecule has 0 saturated carbocycles. The van der Waals surface area contributed by atoms with Crippen LogP contribution in [-0.2, 0) is 46.8 Å². The smallest absolute Gasteiger partial charge is 0.411 e. The van der Waals surface area contributed by atoms with Crippen molar-refractivity contribution >= 4 is 23.0 Å². The third kappa shape index (κ3) is 7.15. The van der Waals surface area contributed by atoms with Gasteiger partial charge >= 0.3 is 12.1 Å². The van der Waals surface area contributed by atoms with E-state index >= 15 is 0 Å². The first-order chi connectivity index (χ1) is 24.6. The maximum absolute atomic E-state index is 13.8. The summed E-state index contributed by atoms with van der Waals surface area (Å²) in [4.78, 5) is 34.1. The molecule has 1 amide bonds. The molecule has 2 aromatic heterocycles. The summed E-state index contributed by atoms with van der Waals surface area (Å²) in [6, 6.07) is 31.7. The highest BCUT2D eigenvalue weighted by Crippen LogP contribution is 2.35. The van der Waals surface area contributed by atoms with Crippen LogP contribution < -0.4 is 0 Å². The monoisotopic (exact) mass is 681 g/mol. The van der Waals surface area contributed by atoms with Crippen molar-refractivity contribution in [2.24, 2.45) is 0 Å². The normalized spacial score (nSPS) is 14.4. The Morgan fingerprint density at radius 1 is 0.922 bits per heavy atom. The summed E-state index contributed by atoms with van der Waals surface area (Å²) in [5, 5.41) is 9.02. The van der Waals surface area contributed by atoms with E-state index in [1.807, 2.05) is 69.3 Å². The van der Waals surface area contributed by atoms with E-state index in [1.54, 1.807) is 0 Å². The zero-order chi connectivity index (χ0) is 35.7. The number of fused-ring (bicyclic) bond motifs is 2. The Balaban J connectivity index is 1.30. The summed E-state index contributed by atoms with van der Waals surface area (Å²) in [6.07, 6.45) is 0.535. The lowest BCUT2D eigenvalue weighted by atomic mass is 9.95. The van der Waals surface area contributed by atoms with Gasteiger partial charge in [0.05, 0.1) is 23.4 Å². The van der Waals surface area contributed by atoms with Gasteiger partial charge in [-0.2, -0.15) is 5.10 Å². The molecule has 0 fully saturated rings. The third-order valence-corrected chi connectivity index (χ3v) is 9.27. The van der Waals surface area contributed by atoms with E-state index in [0.29, 0.717) is 18.1 Å². The Bertz CT molecular complexity index is 2200. The minimum Gasteiger partial charge on any atom is -0.459 e. The van der Waals surface area contributed by atoms with Crippen molar-refractivity contribution in [3.05, 3.63) is 131 Å². The number of aryl methyl sites for hydroxylation is 2. The first kappa shape index (κ1) is 33.8. The number of benzene rings is 4. The maximum Gasteiger partial charge on any atom is 0.411 e. The van der Waals surface area contributed by atoms with Crippen molar-refractivity contribution in [2.45, 2.75) is 78.8 Å². The van der Waals surface area contributed by atoms with Crippen LogP contribution in [0.4, 0.5) is 4.79 Å². The second-order valence-corrected chi connectivity index (χ2v) is 14.2. The number of nitrogens with zero attached hydrogens (tertiary/aromatic N) is 4. The molecule has 260 valence electrons. The number of amides is 1. The van der Waals surface area contributed by atoms with Crippen molar-refractivity contribution in [1.29, 1.82) is 0 Å². The second-order valence-electron chi connectivity index (χ2n) is 14.2. The zero-order valence-corrected chi connectivity index (χ0v) is 29.8. The van der Waals surface area contributed by atoms with Gasteiger partial charge in [0.1, 0.15) is 23.9 Å². The second kappa shape index (κ2) is 13.9. The fourth-order valence-corrected chi connectivity index (χ4v) is 6.76. The molecule has 1 aliphatic heterocycles. The molecule has 0 bridgehead atoms. The van der Waals surface area contributed by atoms with Crippen LogP contribution in [-0.4, -0.2) is 48.4 Å². The SMILES string of the molecule is CCc1cc(C)ccc1-c1ccc2c(-c3nc4c(n3Cc3ccccc3)CN(C(=O)OC(C)(C)C)[C@H](C(=O)OCc3ccccc3)C4)n[nH]c2c1. The quantitative estimate of drug-likeness (QED) is 0.162. The van der Waals surface area contributed by atoms with E-state index in [1.165, 1.54) is 21.6 Å². The molecular formula is C42H43N5O4. The topological polar surface area (TPSA) is 102 Å². The van der Waals surface area contributed by atoms with E-state index in [9.17, 15) is 9.59 Å². The van der Waals surface area contributed by atoms with Crippen molar-refractivity contribution in [2.75, 3.05) is 0 Å². The number of carbonyl (C=O) groups excluding carboxylic acids is 2. The molecule has 0 spiro atoms. The number of nitrogens with one attached hydrogen (secondary N) is 1. The van der Waals surface area contributed by atoms with E-state index in [-0.39, 0.29) is 19.6 Å². The van der Waals surface area contributed by atoms with Crippen LogP contribution in [0.25, 0.3) is 33.5 Å².